The lowest BCUT2D eigenvalue weighted by Gasteiger charge is -2.23. The molecule has 1 N–H and O–H groups in total. The van der Waals surface area contributed by atoms with Crippen molar-refractivity contribution in [2.45, 2.75) is 6.04 Å². The van der Waals surface area contributed by atoms with E-state index in [1.165, 1.54) is 18.2 Å². The van der Waals surface area contributed by atoms with E-state index < -0.39 is 17.9 Å². The maximum absolute atomic E-state index is 13.1. The number of thioether (sulfide) groups is 1. The molecule has 0 unspecified atom stereocenters. The highest BCUT2D eigenvalue weighted by Gasteiger charge is 2.41. The summed E-state index contributed by atoms with van der Waals surface area (Å²) >= 11 is 6.32. The highest BCUT2D eigenvalue weighted by atomic mass is 32.2. The largest absolute Gasteiger partial charge is 0.479 e. The number of nitrogens with zero attached hydrogens (tertiary/aromatic N) is 1. The van der Waals surface area contributed by atoms with E-state index in [1.54, 1.807) is 54.6 Å². The fourth-order valence-electron chi connectivity index (χ4n) is 3.07. The van der Waals surface area contributed by atoms with Crippen molar-refractivity contribution in [2.24, 2.45) is 0 Å². The van der Waals surface area contributed by atoms with Crippen molar-refractivity contribution in [3.05, 3.63) is 88.8 Å². The fraction of sp³-hybridized carbons (Fsp3) is 0.0455. The first-order valence-corrected chi connectivity index (χ1v) is 10.1. The molecule has 0 aliphatic carbocycles. The van der Waals surface area contributed by atoms with Crippen molar-refractivity contribution < 1.29 is 23.5 Å². The summed E-state index contributed by atoms with van der Waals surface area (Å²) in [5.41, 5.74) is 1.15. The number of furan rings is 1. The molecule has 0 spiro atoms. The maximum Gasteiger partial charge on any atom is 0.331 e. The molecule has 0 bridgehead atoms. The predicted octanol–water partition coefficient (Wildman–Crippen LogP) is 5.11. The van der Waals surface area contributed by atoms with Crippen LogP contribution in [0.15, 0.2) is 76.1 Å². The number of carboxylic acids is 1. The van der Waals surface area contributed by atoms with E-state index in [-0.39, 0.29) is 15.0 Å². The van der Waals surface area contributed by atoms with E-state index in [1.807, 2.05) is 0 Å². The number of halogens is 1. The van der Waals surface area contributed by atoms with Crippen molar-refractivity contribution in [1.29, 1.82) is 0 Å². The molecule has 1 fully saturated rings. The first kappa shape index (κ1) is 20.1. The molecule has 5 nitrogen and oxygen atoms in total. The lowest BCUT2D eigenvalue weighted by molar-refractivity contribution is -0.145. The average Bonchev–Trinajstić information content (AvgIpc) is 3.30. The van der Waals surface area contributed by atoms with E-state index in [2.05, 4.69) is 0 Å². The molecule has 8 heteroatoms. The van der Waals surface area contributed by atoms with Gasteiger partial charge in [0.05, 0.1) is 4.91 Å². The van der Waals surface area contributed by atoms with Crippen molar-refractivity contribution in [3.63, 3.8) is 0 Å². The third-order valence-electron chi connectivity index (χ3n) is 4.46. The molecule has 1 aromatic heterocycles. The van der Waals surface area contributed by atoms with Gasteiger partial charge in [-0.2, -0.15) is 0 Å². The molecule has 1 amide bonds. The van der Waals surface area contributed by atoms with Crippen LogP contribution >= 0.6 is 24.0 Å². The fourth-order valence-corrected chi connectivity index (χ4v) is 4.36. The third-order valence-corrected chi connectivity index (χ3v) is 5.79. The van der Waals surface area contributed by atoms with Gasteiger partial charge >= 0.3 is 5.97 Å². The maximum atomic E-state index is 13.1. The molecule has 0 saturated carbocycles. The highest BCUT2D eigenvalue weighted by Crippen LogP contribution is 2.38. The van der Waals surface area contributed by atoms with E-state index in [0.717, 1.165) is 16.7 Å². The second kappa shape index (κ2) is 8.25. The van der Waals surface area contributed by atoms with Crippen LogP contribution in [0, 0.1) is 5.82 Å². The molecular weight excluding hydrogens is 425 g/mol. The van der Waals surface area contributed by atoms with Crippen LogP contribution in [0.3, 0.4) is 0 Å². The van der Waals surface area contributed by atoms with E-state index in [9.17, 15) is 19.1 Å². The van der Waals surface area contributed by atoms with Gasteiger partial charge in [0.15, 0.2) is 6.04 Å². The minimum absolute atomic E-state index is 0.160. The number of hydrogen-bond acceptors (Lipinski definition) is 5. The van der Waals surface area contributed by atoms with Crippen LogP contribution in [0.25, 0.3) is 17.4 Å². The van der Waals surface area contributed by atoms with Crippen molar-refractivity contribution in [3.8, 4) is 11.3 Å². The van der Waals surface area contributed by atoms with E-state index in [0.29, 0.717) is 22.6 Å². The molecule has 2 heterocycles. The van der Waals surface area contributed by atoms with Gasteiger partial charge in [-0.1, -0.05) is 54.3 Å². The van der Waals surface area contributed by atoms with Gasteiger partial charge < -0.3 is 9.52 Å². The summed E-state index contributed by atoms with van der Waals surface area (Å²) in [6.45, 7) is 0. The van der Waals surface area contributed by atoms with Gasteiger partial charge in [-0.25, -0.2) is 9.18 Å². The Morgan fingerprint density at radius 1 is 1.10 bits per heavy atom. The highest BCUT2D eigenvalue weighted by molar-refractivity contribution is 8.26. The number of benzene rings is 2. The molecule has 1 aliphatic heterocycles. The monoisotopic (exact) mass is 439 g/mol. The number of thiocarbonyl (C=S) groups is 1. The van der Waals surface area contributed by atoms with Crippen LogP contribution in [0.4, 0.5) is 4.39 Å². The number of rotatable bonds is 5. The normalized spacial score (nSPS) is 16.3. The Morgan fingerprint density at radius 3 is 2.47 bits per heavy atom. The number of hydrogen-bond donors (Lipinski definition) is 1. The number of amides is 1. The SMILES string of the molecule is O=C(O)[C@@H](c1ccccc1)N1C(=O)/C(=C\c2ccc(-c3ccc(F)cc3)o2)SC1=S. The van der Waals surface area contributed by atoms with Gasteiger partial charge in [-0.3, -0.25) is 9.69 Å². The van der Waals surface area contributed by atoms with Crippen LogP contribution in [-0.2, 0) is 9.59 Å². The van der Waals surface area contributed by atoms with Crippen LogP contribution in [0.1, 0.15) is 17.4 Å². The molecule has 1 saturated heterocycles. The Kier molecular flexibility index (Phi) is 5.52. The zero-order chi connectivity index (χ0) is 21.3. The lowest BCUT2D eigenvalue weighted by Crippen LogP contribution is -2.37. The summed E-state index contributed by atoms with van der Waals surface area (Å²) in [6.07, 6.45) is 1.52. The van der Waals surface area contributed by atoms with Gasteiger partial charge in [0.25, 0.3) is 5.91 Å². The predicted molar refractivity (Wildman–Crippen MR) is 116 cm³/mol. The van der Waals surface area contributed by atoms with Crippen LogP contribution in [-0.4, -0.2) is 26.2 Å². The summed E-state index contributed by atoms with van der Waals surface area (Å²) in [7, 11) is 0. The molecule has 150 valence electrons. The van der Waals surface area contributed by atoms with Gasteiger partial charge in [-0.15, -0.1) is 0 Å². The number of carbonyl (C=O) groups excluding carboxylic acids is 1. The van der Waals surface area contributed by atoms with Crippen LogP contribution in [0.5, 0.6) is 0 Å². The summed E-state index contributed by atoms with van der Waals surface area (Å²) in [5, 5.41) is 9.72. The second-order valence-corrected chi connectivity index (χ2v) is 8.09. The zero-order valence-electron chi connectivity index (χ0n) is 15.3. The Hall–Kier alpha value is -3.23. The standard InChI is InChI=1S/C22H14FNO4S2/c23-15-8-6-13(7-9-15)17-11-10-16(28-17)12-18-20(25)24(22(29)30-18)19(21(26)27)14-4-2-1-3-5-14/h1-12,19H,(H,26,27)/b18-12+/t19-/m1/s1. The molecular formula is C22H14FNO4S2. The Labute approximate surface area is 180 Å². The quantitative estimate of drug-likeness (QED) is 0.440. The van der Waals surface area contributed by atoms with Crippen molar-refractivity contribution in [2.75, 3.05) is 0 Å². The van der Waals surface area contributed by atoms with E-state index in [4.69, 9.17) is 16.6 Å². The van der Waals surface area contributed by atoms with Crippen LogP contribution < -0.4 is 0 Å². The van der Waals surface area contributed by atoms with Crippen LogP contribution in [0.2, 0.25) is 0 Å². The Bertz CT molecular complexity index is 1160. The molecule has 0 radical (unpaired) electrons. The smallest absolute Gasteiger partial charge is 0.331 e. The minimum atomic E-state index is -1.21. The van der Waals surface area contributed by atoms with Gasteiger partial charge in [0.1, 0.15) is 21.7 Å². The van der Waals surface area contributed by atoms with Gasteiger partial charge in [0, 0.05) is 11.6 Å². The second-order valence-electron chi connectivity index (χ2n) is 6.41. The number of carboxylic acid groups (broad SMARTS) is 1. The molecule has 2 aromatic carbocycles. The summed E-state index contributed by atoms with van der Waals surface area (Å²) in [4.78, 5) is 26.2. The summed E-state index contributed by atoms with van der Waals surface area (Å²) in [6, 6.07) is 16.5. The first-order valence-electron chi connectivity index (χ1n) is 8.84. The summed E-state index contributed by atoms with van der Waals surface area (Å²) < 4.78 is 19.0. The average molecular weight is 439 g/mol. The topological polar surface area (TPSA) is 70.8 Å². The van der Waals surface area contributed by atoms with Crippen molar-refractivity contribution in [1.82, 2.24) is 4.90 Å². The molecule has 3 aromatic rings. The zero-order valence-corrected chi connectivity index (χ0v) is 17.0. The van der Waals surface area contributed by atoms with Gasteiger partial charge in [0.2, 0.25) is 0 Å². The first-order chi connectivity index (χ1) is 14.4. The van der Waals surface area contributed by atoms with E-state index >= 15 is 0 Å². The lowest BCUT2D eigenvalue weighted by atomic mass is 10.1. The molecule has 1 atom stereocenters. The minimum Gasteiger partial charge on any atom is -0.479 e. The Morgan fingerprint density at radius 2 is 1.80 bits per heavy atom. The number of aliphatic carboxylic acids is 1. The van der Waals surface area contributed by atoms with Crippen molar-refractivity contribution >= 4 is 46.3 Å². The molecule has 1 aliphatic rings. The third kappa shape index (κ3) is 3.92. The molecule has 30 heavy (non-hydrogen) atoms. The van der Waals surface area contributed by atoms with Gasteiger partial charge in [-0.05, 0) is 42.0 Å². The molecule has 4 rings (SSSR count). The Balaban J connectivity index is 1.62. The number of carbonyl (C=O) groups is 2. The summed E-state index contributed by atoms with van der Waals surface area (Å²) in [5.74, 6) is -1.09.